The predicted octanol–water partition coefficient (Wildman–Crippen LogP) is 2.79. The summed E-state index contributed by atoms with van der Waals surface area (Å²) < 4.78 is 35.9. The van der Waals surface area contributed by atoms with E-state index in [0.29, 0.717) is 24.3 Å². The van der Waals surface area contributed by atoms with Crippen molar-refractivity contribution in [3.05, 3.63) is 52.1 Å². The largest absolute Gasteiger partial charge is 0.493 e. The molecule has 0 saturated carbocycles. The molecule has 2 aromatic carbocycles. The fourth-order valence-corrected chi connectivity index (χ4v) is 4.71. The average Bonchev–Trinajstić information content (AvgIpc) is 3.07. The highest BCUT2D eigenvalue weighted by Crippen LogP contribution is 2.35. The molecule has 160 valence electrons. The van der Waals surface area contributed by atoms with E-state index in [-0.39, 0.29) is 29.4 Å². The van der Waals surface area contributed by atoms with Crippen molar-refractivity contribution in [1.29, 1.82) is 0 Å². The Morgan fingerprint density at radius 2 is 1.93 bits per heavy atom. The Hall–Kier alpha value is -3.34. The van der Waals surface area contributed by atoms with Crippen LogP contribution in [0.3, 0.4) is 0 Å². The van der Waals surface area contributed by atoms with E-state index in [2.05, 4.69) is 5.32 Å². The first-order valence-electron chi connectivity index (χ1n) is 9.18. The lowest BCUT2D eigenvalue weighted by atomic mass is 10.1. The van der Waals surface area contributed by atoms with Gasteiger partial charge in [-0.3, -0.25) is 19.2 Å². The minimum Gasteiger partial charge on any atom is -0.493 e. The van der Waals surface area contributed by atoms with E-state index in [1.807, 2.05) is 0 Å². The minimum atomic E-state index is -3.31. The van der Waals surface area contributed by atoms with E-state index in [1.165, 1.54) is 17.5 Å². The molecule has 1 aliphatic heterocycles. The highest BCUT2D eigenvalue weighted by molar-refractivity contribution is 7.93. The SMILES string of the molecule is CCOc1cc([N+](=O)[O-])c(C(=O)Nc2ccc(N3CCCS3(=O)=O)cc2)cc1OC. The summed E-state index contributed by atoms with van der Waals surface area (Å²) in [5.74, 6) is -0.236. The molecule has 1 heterocycles. The van der Waals surface area contributed by atoms with Gasteiger partial charge < -0.3 is 14.8 Å². The van der Waals surface area contributed by atoms with Crippen LogP contribution >= 0.6 is 0 Å². The molecular weight excluding hydrogens is 414 g/mol. The van der Waals surface area contributed by atoms with Crippen molar-refractivity contribution in [2.24, 2.45) is 0 Å². The van der Waals surface area contributed by atoms with Crippen LogP contribution in [0.5, 0.6) is 11.5 Å². The maximum Gasteiger partial charge on any atom is 0.286 e. The second-order valence-corrected chi connectivity index (χ2v) is 8.47. The molecule has 0 aromatic heterocycles. The van der Waals surface area contributed by atoms with Gasteiger partial charge in [0.05, 0.1) is 36.1 Å². The molecule has 1 aliphatic rings. The molecule has 0 aliphatic carbocycles. The Morgan fingerprint density at radius 3 is 2.47 bits per heavy atom. The van der Waals surface area contributed by atoms with Crippen LogP contribution in [0.1, 0.15) is 23.7 Å². The van der Waals surface area contributed by atoms with E-state index in [1.54, 1.807) is 31.2 Å². The second-order valence-electron chi connectivity index (χ2n) is 6.45. The summed E-state index contributed by atoms with van der Waals surface area (Å²) >= 11 is 0. The van der Waals surface area contributed by atoms with Gasteiger partial charge in [0.15, 0.2) is 11.5 Å². The van der Waals surface area contributed by atoms with Gasteiger partial charge in [0, 0.05) is 18.3 Å². The van der Waals surface area contributed by atoms with Crippen molar-refractivity contribution in [3.63, 3.8) is 0 Å². The van der Waals surface area contributed by atoms with Crippen LogP contribution in [-0.2, 0) is 10.0 Å². The molecule has 0 unspecified atom stereocenters. The van der Waals surface area contributed by atoms with Crippen molar-refractivity contribution in [1.82, 2.24) is 0 Å². The number of methoxy groups -OCH3 is 1. The Bertz CT molecular complexity index is 1070. The van der Waals surface area contributed by atoms with Crippen molar-refractivity contribution < 1.29 is 27.6 Å². The zero-order valence-corrected chi connectivity index (χ0v) is 17.3. The number of benzene rings is 2. The van der Waals surface area contributed by atoms with E-state index >= 15 is 0 Å². The normalized spacial score (nSPS) is 14.9. The van der Waals surface area contributed by atoms with Crippen molar-refractivity contribution in [2.45, 2.75) is 13.3 Å². The van der Waals surface area contributed by atoms with Gasteiger partial charge in [-0.2, -0.15) is 0 Å². The predicted molar refractivity (Wildman–Crippen MR) is 111 cm³/mol. The fourth-order valence-electron chi connectivity index (χ4n) is 3.15. The number of nitro benzene ring substituents is 1. The van der Waals surface area contributed by atoms with Gasteiger partial charge in [-0.15, -0.1) is 0 Å². The first-order valence-corrected chi connectivity index (χ1v) is 10.8. The molecule has 0 atom stereocenters. The average molecular weight is 435 g/mol. The van der Waals surface area contributed by atoms with Crippen LogP contribution in [0.2, 0.25) is 0 Å². The molecule has 1 N–H and O–H groups in total. The number of rotatable bonds is 7. The number of hydrogen-bond donors (Lipinski definition) is 1. The molecule has 11 heteroatoms. The summed E-state index contributed by atoms with van der Waals surface area (Å²) in [6.07, 6.45) is 0.560. The minimum absolute atomic E-state index is 0.106. The number of carbonyl (C=O) groups is 1. The van der Waals surface area contributed by atoms with Crippen molar-refractivity contribution in [2.75, 3.05) is 35.6 Å². The van der Waals surface area contributed by atoms with Gasteiger partial charge in [-0.05, 0) is 37.6 Å². The van der Waals surface area contributed by atoms with Crippen LogP contribution in [0.4, 0.5) is 17.1 Å². The summed E-state index contributed by atoms with van der Waals surface area (Å²) in [7, 11) is -1.93. The second kappa shape index (κ2) is 8.57. The maximum atomic E-state index is 12.7. The molecule has 1 saturated heterocycles. The van der Waals surface area contributed by atoms with Crippen LogP contribution < -0.4 is 19.1 Å². The van der Waals surface area contributed by atoms with E-state index < -0.39 is 26.5 Å². The standard InChI is InChI=1S/C19H21N3O7S/c1-3-29-18-12-16(22(24)25)15(11-17(18)28-2)19(23)20-13-5-7-14(8-6-13)21-9-4-10-30(21,26)27/h5-8,11-12H,3-4,9-10H2,1-2H3,(H,20,23). The Balaban J connectivity index is 1.86. The van der Waals surface area contributed by atoms with Gasteiger partial charge in [0.1, 0.15) is 5.56 Å². The van der Waals surface area contributed by atoms with Crippen LogP contribution in [-0.4, -0.2) is 45.3 Å². The Labute approximate surface area is 173 Å². The number of nitrogens with one attached hydrogen (secondary N) is 1. The molecule has 1 fully saturated rings. The zero-order chi connectivity index (χ0) is 21.9. The third-order valence-electron chi connectivity index (χ3n) is 4.54. The Morgan fingerprint density at radius 1 is 1.23 bits per heavy atom. The topological polar surface area (TPSA) is 128 Å². The number of hydrogen-bond acceptors (Lipinski definition) is 7. The van der Waals surface area contributed by atoms with Gasteiger partial charge in [0.2, 0.25) is 10.0 Å². The summed E-state index contributed by atoms with van der Waals surface area (Å²) in [6.45, 7) is 2.41. The van der Waals surface area contributed by atoms with E-state index in [0.717, 1.165) is 6.07 Å². The number of anilines is 2. The number of carbonyl (C=O) groups excluding carboxylic acids is 1. The lowest BCUT2D eigenvalue weighted by Crippen LogP contribution is -2.25. The third-order valence-corrected chi connectivity index (χ3v) is 6.41. The smallest absolute Gasteiger partial charge is 0.286 e. The first kappa shape index (κ1) is 21.4. The fraction of sp³-hybridized carbons (Fsp3) is 0.316. The van der Waals surface area contributed by atoms with Crippen molar-refractivity contribution in [3.8, 4) is 11.5 Å². The van der Waals surface area contributed by atoms with Crippen LogP contribution in [0, 0.1) is 10.1 Å². The van der Waals surface area contributed by atoms with Gasteiger partial charge >= 0.3 is 0 Å². The number of nitro groups is 1. The first-order chi connectivity index (χ1) is 14.3. The number of amides is 1. The molecule has 2 aromatic rings. The Kier molecular flexibility index (Phi) is 6.11. The molecule has 30 heavy (non-hydrogen) atoms. The zero-order valence-electron chi connectivity index (χ0n) is 16.5. The highest BCUT2D eigenvalue weighted by atomic mass is 32.2. The number of ether oxygens (including phenoxy) is 2. The lowest BCUT2D eigenvalue weighted by molar-refractivity contribution is -0.385. The summed E-state index contributed by atoms with van der Waals surface area (Å²) in [6, 6.07) is 8.64. The summed E-state index contributed by atoms with van der Waals surface area (Å²) in [4.78, 5) is 23.5. The monoisotopic (exact) mass is 435 g/mol. The molecule has 10 nitrogen and oxygen atoms in total. The van der Waals surface area contributed by atoms with E-state index in [4.69, 9.17) is 9.47 Å². The van der Waals surface area contributed by atoms with Crippen molar-refractivity contribution >= 4 is 33.0 Å². The molecule has 3 rings (SSSR count). The number of sulfonamides is 1. The summed E-state index contributed by atoms with van der Waals surface area (Å²) in [5, 5.41) is 14.0. The van der Waals surface area contributed by atoms with Gasteiger partial charge in [0.25, 0.3) is 11.6 Å². The number of nitrogens with zero attached hydrogens (tertiary/aromatic N) is 2. The molecule has 0 bridgehead atoms. The quantitative estimate of drug-likeness (QED) is 0.523. The molecule has 0 spiro atoms. The molecule has 1 amide bonds. The maximum absolute atomic E-state index is 12.7. The summed E-state index contributed by atoms with van der Waals surface area (Å²) in [5.41, 5.74) is 0.254. The van der Waals surface area contributed by atoms with Gasteiger partial charge in [-0.1, -0.05) is 0 Å². The van der Waals surface area contributed by atoms with Crippen LogP contribution in [0.25, 0.3) is 0 Å². The third kappa shape index (κ3) is 4.30. The lowest BCUT2D eigenvalue weighted by Gasteiger charge is -2.17. The molecular formula is C19H21N3O7S. The highest BCUT2D eigenvalue weighted by Gasteiger charge is 2.28. The van der Waals surface area contributed by atoms with Crippen LogP contribution in [0.15, 0.2) is 36.4 Å². The molecule has 0 radical (unpaired) electrons. The van der Waals surface area contributed by atoms with E-state index in [9.17, 15) is 23.3 Å². The van der Waals surface area contributed by atoms with Gasteiger partial charge in [-0.25, -0.2) is 8.42 Å².